The van der Waals surface area contributed by atoms with E-state index in [2.05, 4.69) is 10.3 Å². The van der Waals surface area contributed by atoms with Crippen LogP contribution in [0.5, 0.6) is 0 Å². The predicted molar refractivity (Wildman–Crippen MR) is 73.6 cm³/mol. The number of benzene rings is 1. The summed E-state index contributed by atoms with van der Waals surface area (Å²) in [6.07, 6.45) is 0. The van der Waals surface area contributed by atoms with Gasteiger partial charge in [-0.1, -0.05) is 43.7 Å². The fraction of sp³-hybridized carbons (Fsp3) is 0.385. The van der Waals surface area contributed by atoms with Gasteiger partial charge >= 0.3 is 0 Å². The van der Waals surface area contributed by atoms with Crippen LogP contribution in [0.15, 0.2) is 18.2 Å². The van der Waals surface area contributed by atoms with Gasteiger partial charge < -0.3 is 5.73 Å². The van der Waals surface area contributed by atoms with Crippen molar-refractivity contribution >= 4 is 17.4 Å². The van der Waals surface area contributed by atoms with Crippen molar-refractivity contribution in [2.24, 2.45) is 0 Å². The molecule has 0 bridgehead atoms. The second-order valence-electron chi connectivity index (χ2n) is 5.48. The van der Waals surface area contributed by atoms with Crippen LogP contribution in [0.25, 0.3) is 0 Å². The van der Waals surface area contributed by atoms with Crippen molar-refractivity contribution in [3.05, 3.63) is 40.3 Å². The molecular formula is C13H16ClFN4. The van der Waals surface area contributed by atoms with E-state index < -0.39 is 5.82 Å². The van der Waals surface area contributed by atoms with Crippen LogP contribution >= 0.6 is 11.6 Å². The molecule has 0 atom stereocenters. The molecule has 4 nitrogen and oxygen atoms in total. The molecule has 19 heavy (non-hydrogen) atoms. The average molecular weight is 283 g/mol. The van der Waals surface area contributed by atoms with E-state index in [-0.39, 0.29) is 10.4 Å². The van der Waals surface area contributed by atoms with E-state index in [0.717, 1.165) is 11.3 Å². The first-order valence-electron chi connectivity index (χ1n) is 5.92. The number of rotatable bonds is 2. The Morgan fingerprint density at radius 2 is 2.05 bits per heavy atom. The van der Waals surface area contributed by atoms with Gasteiger partial charge in [0.15, 0.2) is 5.82 Å². The fourth-order valence-electron chi connectivity index (χ4n) is 2.02. The number of nitrogens with zero attached hydrogens (tertiary/aromatic N) is 3. The number of nitrogens with two attached hydrogens (primary N) is 1. The Kier molecular flexibility index (Phi) is 3.49. The van der Waals surface area contributed by atoms with Crippen molar-refractivity contribution in [3.8, 4) is 0 Å². The maximum absolute atomic E-state index is 13.1. The van der Waals surface area contributed by atoms with E-state index in [4.69, 9.17) is 17.3 Å². The number of hydrogen-bond acceptors (Lipinski definition) is 3. The maximum atomic E-state index is 13.1. The van der Waals surface area contributed by atoms with Crippen LogP contribution in [0.2, 0.25) is 5.02 Å². The van der Waals surface area contributed by atoms with Crippen LogP contribution in [-0.4, -0.2) is 15.0 Å². The van der Waals surface area contributed by atoms with E-state index in [9.17, 15) is 4.39 Å². The summed E-state index contributed by atoms with van der Waals surface area (Å²) >= 11 is 5.77. The Morgan fingerprint density at radius 1 is 1.37 bits per heavy atom. The SMILES string of the molecule is CC(C)(C)c1c(N)nnn1Cc1ccc(F)c(Cl)c1. The molecule has 0 amide bonds. The average Bonchev–Trinajstić information content (AvgIpc) is 2.64. The first kappa shape index (κ1) is 13.8. The van der Waals surface area contributed by atoms with Crippen molar-refractivity contribution in [2.75, 3.05) is 5.73 Å². The molecule has 1 aromatic heterocycles. The first-order chi connectivity index (χ1) is 8.79. The lowest BCUT2D eigenvalue weighted by Gasteiger charge is -2.20. The molecule has 0 spiro atoms. The molecule has 0 aliphatic rings. The Labute approximate surface area is 116 Å². The quantitative estimate of drug-likeness (QED) is 0.921. The van der Waals surface area contributed by atoms with Crippen LogP contribution in [0.4, 0.5) is 10.2 Å². The molecule has 2 rings (SSSR count). The zero-order chi connectivity index (χ0) is 14.2. The molecule has 6 heteroatoms. The molecule has 102 valence electrons. The highest BCUT2D eigenvalue weighted by Crippen LogP contribution is 2.27. The highest BCUT2D eigenvalue weighted by atomic mass is 35.5. The summed E-state index contributed by atoms with van der Waals surface area (Å²) in [6, 6.07) is 4.60. The minimum Gasteiger partial charge on any atom is -0.381 e. The molecule has 0 aliphatic heterocycles. The molecular weight excluding hydrogens is 267 g/mol. The van der Waals surface area contributed by atoms with Crippen LogP contribution in [-0.2, 0) is 12.0 Å². The van der Waals surface area contributed by atoms with E-state index in [1.165, 1.54) is 6.07 Å². The monoisotopic (exact) mass is 282 g/mol. The van der Waals surface area contributed by atoms with Crippen LogP contribution < -0.4 is 5.73 Å². The lowest BCUT2D eigenvalue weighted by atomic mass is 9.92. The van der Waals surface area contributed by atoms with Crippen molar-refractivity contribution < 1.29 is 4.39 Å². The number of halogens is 2. The van der Waals surface area contributed by atoms with Crippen molar-refractivity contribution in [2.45, 2.75) is 32.7 Å². The van der Waals surface area contributed by atoms with Gasteiger partial charge in [-0.3, -0.25) is 0 Å². The van der Waals surface area contributed by atoms with E-state index in [1.807, 2.05) is 20.8 Å². The standard InChI is InChI=1S/C13H16ClFN4/c1-13(2,3)11-12(16)17-18-19(11)7-8-4-5-10(15)9(14)6-8/h4-6H,7,16H2,1-3H3. The molecule has 0 saturated carbocycles. The zero-order valence-corrected chi connectivity index (χ0v) is 11.9. The Morgan fingerprint density at radius 3 is 2.63 bits per heavy atom. The van der Waals surface area contributed by atoms with Gasteiger partial charge in [-0.05, 0) is 17.7 Å². The third-order valence-corrected chi connectivity index (χ3v) is 3.08. The van der Waals surface area contributed by atoms with Gasteiger partial charge in [-0.15, -0.1) is 5.10 Å². The van der Waals surface area contributed by atoms with Gasteiger partial charge in [0.05, 0.1) is 17.3 Å². The number of aromatic nitrogens is 3. The van der Waals surface area contributed by atoms with Crippen LogP contribution in [0.3, 0.4) is 0 Å². The topological polar surface area (TPSA) is 56.7 Å². The van der Waals surface area contributed by atoms with E-state index in [1.54, 1.807) is 16.8 Å². The highest BCUT2D eigenvalue weighted by molar-refractivity contribution is 6.30. The van der Waals surface area contributed by atoms with E-state index in [0.29, 0.717) is 12.4 Å². The second-order valence-corrected chi connectivity index (χ2v) is 5.89. The molecule has 2 N–H and O–H groups in total. The van der Waals surface area contributed by atoms with Gasteiger partial charge in [-0.2, -0.15) is 0 Å². The van der Waals surface area contributed by atoms with Crippen molar-refractivity contribution in [3.63, 3.8) is 0 Å². The second kappa shape index (κ2) is 4.81. The largest absolute Gasteiger partial charge is 0.381 e. The van der Waals surface area contributed by atoms with E-state index >= 15 is 0 Å². The van der Waals surface area contributed by atoms with Gasteiger partial charge in [0.1, 0.15) is 5.82 Å². The highest BCUT2D eigenvalue weighted by Gasteiger charge is 2.24. The summed E-state index contributed by atoms with van der Waals surface area (Å²) in [5, 5.41) is 8.04. The zero-order valence-electron chi connectivity index (χ0n) is 11.1. The summed E-state index contributed by atoms with van der Waals surface area (Å²) < 4.78 is 14.8. The third-order valence-electron chi connectivity index (χ3n) is 2.79. The van der Waals surface area contributed by atoms with Crippen molar-refractivity contribution in [1.82, 2.24) is 15.0 Å². The minimum absolute atomic E-state index is 0.0999. The summed E-state index contributed by atoms with van der Waals surface area (Å²) in [5.74, 6) is -0.0136. The molecule has 1 heterocycles. The van der Waals surface area contributed by atoms with Crippen LogP contribution in [0, 0.1) is 5.82 Å². The van der Waals surface area contributed by atoms with Gasteiger partial charge in [0.25, 0.3) is 0 Å². The lowest BCUT2D eigenvalue weighted by Crippen LogP contribution is -2.20. The van der Waals surface area contributed by atoms with Gasteiger partial charge in [0, 0.05) is 5.41 Å². The maximum Gasteiger partial charge on any atom is 0.169 e. The normalized spacial score (nSPS) is 11.8. The Bertz CT molecular complexity index is 601. The van der Waals surface area contributed by atoms with Gasteiger partial charge in [0.2, 0.25) is 0 Å². The minimum atomic E-state index is -0.431. The van der Waals surface area contributed by atoms with Crippen LogP contribution in [0.1, 0.15) is 32.0 Å². The first-order valence-corrected chi connectivity index (χ1v) is 6.30. The summed E-state index contributed by atoms with van der Waals surface area (Å²) in [7, 11) is 0. The molecule has 0 unspecified atom stereocenters. The summed E-state index contributed by atoms with van der Waals surface area (Å²) in [5.41, 5.74) is 7.39. The summed E-state index contributed by atoms with van der Waals surface area (Å²) in [4.78, 5) is 0. The smallest absolute Gasteiger partial charge is 0.169 e. The van der Waals surface area contributed by atoms with Gasteiger partial charge in [-0.25, -0.2) is 9.07 Å². The number of nitrogen functional groups attached to an aromatic ring is 1. The Hall–Kier alpha value is -1.62. The predicted octanol–water partition coefficient (Wildman–Crippen LogP) is 3.00. The molecule has 0 aliphatic carbocycles. The molecule has 0 radical (unpaired) electrons. The molecule has 2 aromatic rings. The Balaban J connectivity index is 2.36. The van der Waals surface area contributed by atoms with Crippen molar-refractivity contribution in [1.29, 1.82) is 0 Å². The molecule has 1 aromatic carbocycles. The third kappa shape index (κ3) is 2.87. The molecule has 0 fully saturated rings. The molecule has 0 saturated heterocycles. The summed E-state index contributed by atoms with van der Waals surface area (Å²) in [6.45, 7) is 6.57. The lowest BCUT2D eigenvalue weighted by molar-refractivity contribution is 0.502. The number of anilines is 1. The fourth-order valence-corrected chi connectivity index (χ4v) is 2.22. The number of hydrogen-bond donors (Lipinski definition) is 1.